The van der Waals surface area contributed by atoms with Crippen LogP contribution in [-0.2, 0) is 7.05 Å². The number of nitrogens with two attached hydrogens (primary N) is 1. The maximum absolute atomic E-state index is 12.4. The highest BCUT2D eigenvalue weighted by Gasteiger charge is 2.21. The maximum atomic E-state index is 12.4. The summed E-state index contributed by atoms with van der Waals surface area (Å²) in [6.45, 7) is 1.77. The molecule has 1 aliphatic heterocycles. The molecule has 1 aromatic carbocycles. The third kappa shape index (κ3) is 4.50. The Labute approximate surface area is 166 Å². The van der Waals surface area contributed by atoms with Crippen LogP contribution in [0.1, 0.15) is 16.9 Å². The van der Waals surface area contributed by atoms with E-state index < -0.39 is 0 Å². The molecule has 27 heavy (non-hydrogen) atoms. The Morgan fingerprint density at radius 1 is 1.37 bits per heavy atom. The van der Waals surface area contributed by atoms with Crippen molar-refractivity contribution in [2.24, 2.45) is 7.05 Å². The number of nitrogens with one attached hydrogen (secondary N) is 2. The number of nitrogens with zero attached hydrogens (tertiary/aromatic N) is 3. The molecule has 7 nitrogen and oxygen atoms in total. The van der Waals surface area contributed by atoms with Crippen molar-refractivity contribution in [1.82, 2.24) is 25.2 Å². The van der Waals surface area contributed by atoms with Crippen LogP contribution in [0, 0.1) is 0 Å². The van der Waals surface area contributed by atoms with Crippen molar-refractivity contribution in [3.8, 4) is 0 Å². The van der Waals surface area contributed by atoms with Gasteiger partial charge in [0.25, 0.3) is 5.91 Å². The molecule has 142 valence electrons. The first kappa shape index (κ1) is 19.4. The first-order valence-electron chi connectivity index (χ1n) is 8.44. The van der Waals surface area contributed by atoms with Crippen LogP contribution in [0.5, 0.6) is 0 Å². The summed E-state index contributed by atoms with van der Waals surface area (Å²) in [6.07, 6.45) is 5.59. The van der Waals surface area contributed by atoms with Gasteiger partial charge in [0, 0.05) is 42.9 Å². The average molecular weight is 407 g/mol. The molecule has 1 aliphatic rings. The van der Waals surface area contributed by atoms with Crippen LogP contribution >= 0.6 is 23.2 Å². The van der Waals surface area contributed by atoms with E-state index in [4.69, 9.17) is 28.9 Å². The van der Waals surface area contributed by atoms with Crippen LogP contribution < -0.4 is 16.4 Å². The number of anilines is 1. The highest BCUT2D eigenvalue weighted by Crippen LogP contribution is 2.32. The third-order valence-corrected chi connectivity index (χ3v) is 5.14. The lowest BCUT2D eigenvalue weighted by Crippen LogP contribution is -2.37. The van der Waals surface area contributed by atoms with Crippen molar-refractivity contribution >= 4 is 45.8 Å². The number of fused-ring (bicyclic) bond motifs is 1. The fourth-order valence-corrected chi connectivity index (χ4v) is 3.29. The topological polar surface area (TPSA) is 97.9 Å². The van der Waals surface area contributed by atoms with Crippen LogP contribution in [0.3, 0.4) is 0 Å². The minimum Gasteiger partial charge on any atom is -0.382 e. The molecule has 9 heteroatoms. The molecule has 0 saturated carbocycles. The van der Waals surface area contributed by atoms with Crippen molar-refractivity contribution in [3.63, 3.8) is 0 Å². The standard InChI is InChI=1S/C14H15Cl2N3O.C4H5N3/c1-19-11-3-2-10(15)13(16)9(11)6-12(19)14(20)18-8-4-5-17-7-8;5-4-3-6-1-2-7-4/h2-3,6,8,17H,4-5,7H2,1H3,(H,18,20);1-3H,(H2,5,7). The van der Waals surface area contributed by atoms with Gasteiger partial charge in [-0.05, 0) is 31.2 Å². The summed E-state index contributed by atoms with van der Waals surface area (Å²) in [6, 6.07) is 5.60. The summed E-state index contributed by atoms with van der Waals surface area (Å²) in [4.78, 5) is 19.7. The average Bonchev–Trinajstić information content (AvgIpc) is 3.28. The molecule has 2 aromatic heterocycles. The highest BCUT2D eigenvalue weighted by molar-refractivity contribution is 6.45. The third-order valence-electron chi connectivity index (χ3n) is 4.32. The number of amides is 1. The van der Waals surface area contributed by atoms with Gasteiger partial charge in [-0.2, -0.15) is 0 Å². The number of rotatable bonds is 2. The van der Waals surface area contributed by atoms with Gasteiger partial charge in [-0.1, -0.05) is 23.2 Å². The fourth-order valence-electron chi connectivity index (χ4n) is 2.91. The van der Waals surface area contributed by atoms with Gasteiger partial charge < -0.3 is 20.9 Å². The zero-order chi connectivity index (χ0) is 19.4. The fraction of sp³-hybridized carbons (Fsp3) is 0.278. The smallest absolute Gasteiger partial charge is 0.268 e. The van der Waals surface area contributed by atoms with Crippen LogP contribution in [-0.4, -0.2) is 39.6 Å². The second kappa shape index (κ2) is 8.56. The maximum Gasteiger partial charge on any atom is 0.268 e. The molecular weight excluding hydrogens is 387 g/mol. The number of nitrogen functional groups attached to an aromatic ring is 1. The Hall–Kier alpha value is -2.35. The van der Waals surface area contributed by atoms with E-state index >= 15 is 0 Å². The molecule has 0 spiro atoms. The van der Waals surface area contributed by atoms with Crippen molar-refractivity contribution in [3.05, 3.63) is 52.5 Å². The molecule has 0 radical (unpaired) electrons. The molecule has 1 unspecified atom stereocenters. The van der Waals surface area contributed by atoms with E-state index in [-0.39, 0.29) is 11.9 Å². The molecule has 1 atom stereocenters. The number of hydrogen-bond acceptors (Lipinski definition) is 5. The van der Waals surface area contributed by atoms with Crippen LogP contribution in [0.15, 0.2) is 36.8 Å². The molecule has 1 fully saturated rings. The van der Waals surface area contributed by atoms with Gasteiger partial charge in [-0.25, -0.2) is 4.98 Å². The van der Waals surface area contributed by atoms with E-state index in [0.717, 1.165) is 30.4 Å². The van der Waals surface area contributed by atoms with E-state index in [2.05, 4.69) is 20.6 Å². The van der Waals surface area contributed by atoms with E-state index in [1.54, 1.807) is 24.5 Å². The van der Waals surface area contributed by atoms with Crippen molar-refractivity contribution in [1.29, 1.82) is 0 Å². The zero-order valence-electron chi connectivity index (χ0n) is 14.7. The normalized spacial score (nSPS) is 16.0. The number of benzene rings is 1. The summed E-state index contributed by atoms with van der Waals surface area (Å²) in [5, 5.41) is 8.05. The molecule has 4 N–H and O–H groups in total. The number of hydrogen-bond donors (Lipinski definition) is 3. The number of aryl methyl sites for hydroxylation is 1. The Kier molecular flexibility index (Phi) is 6.15. The van der Waals surface area contributed by atoms with Crippen LogP contribution in [0.25, 0.3) is 10.9 Å². The van der Waals surface area contributed by atoms with E-state index in [9.17, 15) is 4.79 Å². The summed E-state index contributed by atoms with van der Waals surface area (Å²) >= 11 is 12.2. The van der Waals surface area contributed by atoms with E-state index in [1.807, 2.05) is 17.7 Å². The number of carbonyl (C=O) groups excluding carboxylic acids is 1. The highest BCUT2D eigenvalue weighted by atomic mass is 35.5. The van der Waals surface area contributed by atoms with Crippen LogP contribution in [0.4, 0.5) is 5.82 Å². The van der Waals surface area contributed by atoms with Gasteiger partial charge in [-0.15, -0.1) is 0 Å². The van der Waals surface area contributed by atoms with Gasteiger partial charge in [0.1, 0.15) is 11.5 Å². The summed E-state index contributed by atoms with van der Waals surface area (Å²) in [7, 11) is 1.86. The van der Waals surface area contributed by atoms with Crippen molar-refractivity contribution in [2.45, 2.75) is 12.5 Å². The van der Waals surface area contributed by atoms with Gasteiger partial charge in [0.15, 0.2) is 0 Å². The van der Waals surface area contributed by atoms with Gasteiger partial charge in [-0.3, -0.25) is 9.78 Å². The van der Waals surface area contributed by atoms with E-state index in [0.29, 0.717) is 21.6 Å². The first-order valence-corrected chi connectivity index (χ1v) is 9.19. The van der Waals surface area contributed by atoms with Gasteiger partial charge >= 0.3 is 0 Å². The lowest BCUT2D eigenvalue weighted by Gasteiger charge is -2.11. The SMILES string of the molecule is Cn1c(C(=O)NC2CCNC2)cc2c(Cl)c(Cl)ccc21.Nc1cnccn1. The molecule has 1 amide bonds. The van der Waals surface area contributed by atoms with Crippen LogP contribution in [0.2, 0.25) is 10.0 Å². The Morgan fingerprint density at radius 2 is 2.19 bits per heavy atom. The minimum atomic E-state index is -0.0791. The predicted molar refractivity (Wildman–Crippen MR) is 108 cm³/mol. The predicted octanol–water partition coefficient (Wildman–Crippen LogP) is 2.64. The zero-order valence-corrected chi connectivity index (χ0v) is 16.3. The number of aromatic nitrogens is 3. The minimum absolute atomic E-state index is 0.0791. The lowest BCUT2D eigenvalue weighted by atomic mass is 10.2. The number of carbonyl (C=O) groups is 1. The van der Waals surface area contributed by atoms with Crippen molar-refractivity contribution in [2.75, 3.05) is 18.8 Å². The first-order chi connectivity index (χ1) is 13.0. The lowest BCUT2D eigenvalue weighted by molar-refractivity contribution is 0.0932. The Balaban J connectivity index is 0.000000253. The molecule has 1 saturated heterocycles. The molecule has 0 bridgehead atoms. The second-order valence-electron chi connectivity index (χ2n) is 6.18. The molecule has 3 heterocycles. The van der Waals surface area contributed by atoms with Gasteiger partial charge in [0.2, 0.25) is 0 Å². The largest absolute Gasteiger partial charge is 0.382 e. The number of halogens is 2. The molecule has 3 aromatic rings. The van der Waals surface area contributed by atoms with E-state index in [1.165, 1.54) is 6.20 Å². The summed E-state index contributed by atoms with van der Waals surface area (Å²) in [5.74, 6) is 0.382. The second-order valence-corrected chi connectivity index (χ2v) is 6.96. The molecule has 0 aliphatic carbocycles. The van der Waals surface area contributed by atoms with Crippen molar-refractivity contribution < 1.29 is 4.79 Å². The molecule has 4 rings (SSSR count). The van der Waals surface area contributed by atoms with Gasteiger partial charge in [0.05, 0.1) is 16.2 Å². The summed E-state index contributed by atoms with van der Waals surface area (Å²) in [5.41, 5.74) is 6.68. The quantitative estimate of drug-likeness (QED) is 0.607. The summed E-state index contributed by atoms with van der Waals surface area (Å²) < 4.78 is 1.84. The Bertz CT molecular complexity index is 938. The monoisotopic (exact) mass is 406 g/mol. The Morgan fingerprint density at radius 3 is 2.78 bits per heavy atom. The molecular formula is C18H20Cl2N6O.